The smallest absolute Gasteiger partial charge is 0.163 e. The Bertz CT molecular complexity index is 1100. The lowest BCUT2D eigenvalue weighted by molar-refractivity contribution is 0.101. The minimum Gasteiger partial charge on any atom is -0.340 e. The molecule has 0 aliphatic carbocycles. The fraction of sp³-hybridized carbons (Fsp3) is 0.0952. The monoisotopic (exact) mass is 359 g/mol. The Hall–Kier alpha value is -3.05. The van der Waals surface area contributed by atoms with Crippen LogP contribution in [0.25, 0.3) is 21.6 Å². The number of carbonyl (C=O) groups excluding carboxylic acids is 1. The van der Waals surface area contributed by atoms with Gasteiger partial charge in [0.1, 0.15) is 10.6 Å². The Morgan fingerprint density at radius 3 is 2.58 bits per heavy atom. The number of hydrogen-bond acceptors (Lipinski definition) is 5. The number of fused-ring (bicyclic) bond motifs is 1. The van der Waals surface area contributed by atoms with Crippen LogP contribution in [0.1, 0.15) is 22.2 Å². The normalized spacial score (nSPS) is 10.8. The molecule has 2 aromatic carbocycles. The van der Waals surface area contributed by atoms with E-state index in [1.54, 1.807) is 18.3 Å². The van der Waals surface area contributed by atoms with Crippen molar-refractivity contribution < 1.29 is 4.79 Å². The van der Waals surface area contributed by atoms with E-state index < -0.39 is 0 Å². The molecule has 1 N–H and O–H groups in total. The van der Waals surface area contributed by atoms with Gasteiger partial charge in [-0.05, 0) is 32.0 Å². The van der Waals surface area contributed by atoms with Crippen LogP contribution in [0.5, 0.6) is 0 Å². The Labute approximate surface area is 155 Å². The molecule has 2 aromatic heterocycles. The third-order valence-electron chi connectivity index (χ3n) is 4.08. The van der Waals surface area contributed by atoms with Gasteiger partial charge in [-0.1, -0.05) is 42.5 Å². The molecule has 26 heavy (non-hydrogen) atoms. The number of benzene rings is 2. The van der Waals surface area contributed by atoms with Gasteiger partial charge in [0.05, 0.1) is 5.39 Å². The standard InChI is InChI=1S/C21H17N3OS/c1-13-11-18-20(22-17-10-6-9-16(12-17)14(2)25)23-19(24-21(18)26-13)15-7-4-3-5-8-15/h3-12H,1-2H3,(H,22,23,24). The maximum absolute atomic E-state index is 11.7. The molecule has 0 unspecified atom stereocenters. The number of carbonyl (C=O) groups is 1. The van der Waals surface area contributed by atoms with E-state index in [-0.39, 0.29) is 5.78 Å². The van der Waals surface area contributed by atoms with Crippen molar-refractivity contribution in [1.82, 2.24) is 9.97 Å². The lowest BCUT2D eigenvalue weighted by Crippen LogP contribution is -1.99. The van der Waals surface area contributed by atoms with Crippen molar-refractivity contribution in [3.63, 3.8) is 0 Å². The molecule has 4 nitrogen and oxygen atoms in total. The first-order chi connectivity index (χ1) is 12.6. The first-order valence-electron chi connectivity index (χ1n) is 8.32. The van der Waals surface area contributed by atoms with E-state index in [1.807, 2.05) is 54.6 Å². The molecule has 0 fully saturated rings. The number of Topliss-reactive ketones (excluding diaryl/α,β-unsaturated/α-hetero) is 1. The summed E-state index contributed by atoms with van der Waals surface area (Å²) in [4.78, 5) is 23.3. The average Bonchev–Trinajstić information content (AvgIpc) is 3.03. The highest BCUT2D eigenvalue weighted by molar-refractivity contribution is 7.18. The number of rotatable bonds is 4. The van der Waals surface area contributed by atoms with Gasteiger partial charge in [0.25, 0.3) is 0 Å². The minimum atomic E-state index is 0.0397. The van der Waals surface area contributed by atoms with E-state index in [2.05, 4.69) is 18.3 Å². The summed E-state index contributed by atoms with van der Waals surface area (Å²) in [7, 11) is 0. The summed E-state index contributed by atoms with van der Waals surface area (Å²) in [6.07, 6.45) is 0. The van der Waals surface area contributed by atoms with E-state index in [9.17, 15) is 4.79 Å². The zero-order valence-electron chi connectivity index (χ0n) is 14.5. The second-order valence-corrected chi connectivity index (χ2v) is 7.33. The molecule has 0 amide bonds. The minimum absolute atomic E-state index is 0.0397. The Morgan fingerprint density at radius 2 is 1.81 bits per heavy atom. The Kier molecular flexibility index (Phi) is 4.22. The van der Waals surface area contributed by atoms with Crippen LogP contribution in [-0.4, -0.2) is 15.8 Å². The van der Waals surface area contributed by atoms with Crippen molar-refractivity contribution in [3.05, 3.63) is 71.1 Å². The van der Waals surface area contributed by atoms with Gasteiger partial charge in [-0.15, -0.1) is 11.3 Å². The summed E-state index contributed by atoms with van der Waals surface area (Å²) in [6, 6.07) is 19.5. The zero-order chi connectivity index (χ0) is 18.1. The summed E-state index contributed by atoms with van der Waals surface area (Å²) in [5.74, 6) is 1.47. The number of anilines is 2. The Balaban J connectivity index is 1.83. The van der Waals surface area contributed by atoms with E-state index >= 15 is 0 Å². The van der Waals surface area contributed by atoms with E-state index in [0.717, 1.165) is 27.3 Å². The fourth-order valence-corrected chi connectivity index (χ4v) is 3.69. The Morgan fingerprint density at radius 1 is 1.00 bits per heavy atom. The number of aromatic nitrogens is 2. The summed E-state index contributed by atoms with van der Waals surface area (Å²) in [6.45, 7) is 3.63. The van der Waals surface area contributed by atoms with Crippen molar-refractivity contribution >= 4 is 38.8 Å². The van der Waals surface area contributed by atoms with Gasteiger partial charge < -0.3 is 5.32 Å². The highest BCUT2D eigenvalue weighted by atomic mass is 32.1. The molecule has 5 heteroatoms. The van der Waals surface area contributed by atoms with Gasteiger partial charge in [0, 0.05) is 21.7 Å². The molecule has 0 saturated heterocycles. The average molecular weight is 359 g/mol. The molecule has 0 radical (unpaired) electrons. The van der Waals surface area contributed by atoms with Crippen LogP contribution in [0.2, 0.25) is 0 Å². The van der Waals surface area contributed by atoms with Crippen molar-refractivity contribution in [1.29, 1.82) is 0 Å². The number of aryl methyl sites for hydroxylation is 1. The van der Waals surface area contributed by atoms with Gasteiger partial charge in [-0.2, -0.15) is 0 Å². The molecule has 2 heterocycles. The fourth-order valence-electron chi connectivity index (χ4n) is 2.81. The third kappa shape index (κ3) is 3.21. The number of nitrogens with one attached hydrogen (secondary N) is 1. The van der Waals surface area contributed by atoms with Crippen LogP contribution in [0.4, 0.5) is 11.5 Å². The maximum atomic E-state index is 11.7. The van der Waals surface area contributed by atoms with Gasteiger partial charge >= 0.3 is 0 Å². The van der Waals surface area contributed by atoms with Crippen molar-refractivity contribution in [2.75, 3.05) is 5.32 Å². The highest BCUT2D eigenvalue weighted by Gasteiger charge is 2.12. The second kappa shape index (κ2) is 6.69. The molecule has 0 atom stereocenters. The quantitative estimate of drug-likeness (QED) is 0.481. The second-order valence-electron chi connectivity index (χ2n) is 6.10. The van der Waals surface area contributed by atoms with Gasteiger partial charge in [0.2, 0.25) is 0 Å². The molecule has 4 aromatic rings. The zero-order valence-corrected chi connectivity index (χ0v) is 15.3. The molecule has 0 bridgehead atoms. The summed E-state index contributed by atoms with van der Waals surface area (Å²) in [5, 5.41) is 4.36. The maximum Gasteiger partial charge on any atom is 0.163 e. The molecule has 0 saturated carbocycles. The van der Waals surface area contributed by atoms with Crippen molar-refractivity contribution in [2.24, 2.45) is 0 Å². The number of nitrogens with zero attached hydrogens (tertiary/aromatic N) is 2. The lowest BCUT2D eigenvalue weighted by atomic mass is 10.1. The number of hydrogen-bond donors (Lipinski definition) is 1. The third-order valence-corrected chi connectivity index (χ3v) is 5.02. The van der Waals surface area contributed by atoms with Gasteiger partial charge in [0.15, 0.2) is 11.6 Å². The van der Waals surface area contributed by atoms with E-state index in [0.29, 0.717) is 11.4 Å². The summed E-state index contributed by atoms with van der Waals surface area (Å²) < 4.78 is 0. The predicted octanol–water partition coefficient (Wildman–Crippen LogP) is 5.61. The van der Waals surface area contributed by atoms with Crippen LogP contribution in [0, 0.1) is 6.92 Å². The predicted molar refractivity (Wildman–Crippen MR) is 107 cm³/mol. The summed E-state index contributed by atoms with van der Waals surface area (Å²) in [5.41, 5.74) is 2.48. The van der Waals surface area contributed by atoms with Gasteiger partial charge in [-0.25, -0.2) is 9.97 Å². The van der Waals surface area contributed by atoms with E-state index in [4.69, 9.17) is 9.97 Å². The largest absolute Gasteiger partial charge is 0.340 e. The first-order valence-corrected chi connectivity index (χ1v) is 9.13. The van der Waals surface area contributed by atoms with Crippen LogP contribution >= 0.6 is 11.3 Å². The van der Waals surface area contributed by atoms with Crippen LogP contribution in [0.15, 0.2) is 60.7 Å². The molecule has 4 rings (SSSR count). The molecule has 0 spiro atoms. The highest BCUT2D eigenvalue weighted by Crippen LogP contribution is 2.32. The summed E-state index contributed by atoms with van der Waals surface area (Å²) >= 11 is 1.65. The SMILES string of the molecule is CC(=O)c1cccc(Nc2nc(-c3ccccc3)nc3sc(C)cc23)c1. The molecular formula is C21H17N3OS. The molecule has 0 aliphatic heterocycles. The van der Waals surface area contributed by atoms with Crippen molar-refractivity contribution in [3.8, 4) is 11.4 Å². The van der Waals surface area contributed by atoms with Crippen LogP contribution in [-0.2, 0) is 0 Å². The van der Waals surface area contributed by atoms with Gasteiger partial charge in [-0.3, -0.25) is 4.79 Å². The van der Waals surface area contributed by atoms with E-state index in [1.165, 1.54) is 4.88 Å². The molecule has 128 valence electrons. The van der Waals surface area contributed by atoms with Crippen LogP contribution < -0.4 is 5.32 Å². The lowest BCUT2D eigenvalue weighted by Gasteiger charge is -2.10. The topological polar surface area (TPSA) is 54.9 Å². The van der Waals surface area contributed by atoms with Crippen molar-refractivity contribution in [2.45, 2.75) is 13.8 Å². The molecule has 0 aliphatic rings. The number of thiophene rings is 1. The molecular weight excluding hydrogens is 342 g/mol. The first kappa shape index (κ1) is 16.4. The number of ketones is 1. The van der Waals surface area contributed by atoms with Crippen LogP contribution in [0.3, 0.4) is 0 Å².